The molecular formula is C19H11Cl2NO2. The summed E-state index contributed by atoms with van der Waals surface area (Å²) in [6.07, 6.45) is 1.74. The van der Waals surface area contributed by atoms with Crippen molar-refractivity contribution in [2.45, 2.75) is 0 Å². The van der Waals surface area contributed by atoms with Crippen molar-refractivity contribution in [3.8, 4) is 11.3 Å². The molecule has 3 nitrogen and oxygen atoms in total. The molecule has 0 bridgehead atoms. The summed E-state index contributed by atoms with van der Waals surface area (Å²) in [4.78, 5) is 12.1. The minimum Gasteiger partial charge on any atom is -0.457 e. The smallest absolute Gasteiger partial charge is 0.256 e. The van der Waals surface area contributed by atoms with E-state index in [0.29, 0.717) is 27.1 Å². The van der Waals surface area contributed by atoms with E-state index in [1.807, 2.05) is 42.5 Å². The summed E-state index contributed by atoms with van der Waals surface area (Å²) in [5.41, 5.74) is 3.09. The minimum absolute atomic E-state index is 0.135. The van der Waals surface area contributed by atoms with E-state index >= 15 is 0 Å². The molecule has 24 heavy (non-hydrogen) atoms. The van der Waals surface area contributed by atoms with Crippen LogP contribution in [0.15, 0.2) is 59.0 Å². The molecule has 0 aliphatic carbocycles. The number of carbonyl (C=O) groups is 1. The molecule has 1 aliphatic rings. The van der Waals surface area contributed by atoms with Gasteiger partial charge in [0.05, 0.1) is 15.6 Å². The maximum Gasteiger partial charge on any atom is 0.256 e. The van der Waals surface area contributed by atoms with Crippen LogP contribution in [0.25, 0.3) is 23.0 Å². The number of anilines is 1. The SMILES string of the molecule is O=C1Nc2ccccc2C1=Cc1ccc(-c2ccc(Cl)c(Cl)c2)o1. The van der Waals surface area contributed by atoms with Gasteiger partial charge in [-0.05, 0) is 42.5 Å². The number of hydrogen-bond donors (Lipinski definition) is 1. The number of hydrogen-bond acceptors (Lipinski definition) is 2. The van der Waals surface area contributed by atoms with Gasteiger partial charge in [-0.1, -0.05) is 41.4 Å². The van der Waals surface area contributed by atoms with Crippen LogP contribution >= 0.6 is 23.2 Å². The van der Waals surface area contributed by atoms with Gasteiger partial charge in [-0.15, -0.1) is 0 Å². The van der Waals surface area contributed by atoms with Gasteiger partial charge in [0.15, 0.2) is 0 Å². The zero-order valence-corrected chi connectivity index (χ0v) is 13.9. The zero-order valence-electron chi connectivity index (χ0n) is 12.3. The lowest BCUT2D eigenvalue weighted by molar-refractivity contribution is -0.110. The van der Waals surface area contributed by atoms with Crippen molar-refractivity contribution in [3.05, 3.63) is 76.0 Å². The molecule has 3 aromatic rings. The van der Waals surface area contributed by atoms with E-state index in [-0.39, 0.29) is 5.91 Å². The van der Waals surface area contributed by atoms with Crippen LogP contribution in [0.2, 0.25) is 10.0 Å². The van der Waals surface area contributed by atoms with E-state index in [2.05, 4.69) is 5.32 Å². The lowest BCUT2D eigenvalue weighted by Gasteiger charge is -2.00. The van der Waals surface area contributed by atoms with E-state index in [9.17, 15) is 4.79 Å². The predicted molar refractivity (Wildman–Crippen MR) is 97.1 cm³/mol. The van der Waals surface area contributed by atoms with Gasteiger partial charge >= 0.3 is 0 Å². The van der Waals surface area contributed by atoms with Gasteiger partial charge in [-0.2, -0.15) is 0 Å². The second-order valence-corrected chi connectivity index (χ2v) is 6.20. The zero-order chi connectivity index (χ0) is 16.7. The summed E-state index contributed by atoms with van der Waals surface area (Å²) in [6.45, 7) is 0. The average molecular weight is 356 g/mol. The van der Waals surface area contributed by atoms with Crippen molar-refractivity contribution in [1.29, 1.82) is 0 Å². The molecule has 1 aromatic heterocycles. The van der Waals surface area contributed by atoms with E-state index in [1.165, 1.54) is 0 Å². The number of fused-ring (bicyclic) bond motifs is 1. The van der Waals surface area contributed by atoms with Crippen molar-refractivity contribution in [1.82, 2.24) is 0 Å². The summed E-state index contributed by atoms with van der Waals surface area (Å²) in [5.74, 6) is 1.12. The quantitative estimate of drug-likeness (QED) is 0.595. The number of benzene rings is 2. The molecule has 118 valence electrons. The molecule has 5 heteroatoms. The Morgan fingerprint density at radius 3 is 2.62 bits per heavy atom. The normalized spacial score (nSPS) is 14.8. The van der Waals surface area contributed by atoms with Crippen LogP contribution < -0.4 is 5.32 Å². The number of amides is 1. The molecule has 0 saturated heterocycles. The maximum absolute atomic E-state index is 12.1. The van der Waals surface area contributed by atoms with Crippen LogP contribution in [-0.2, 0) is 4.79 Å². The van der Waals surface area contributed by atoms with Gasteiger partial charge in [-0.25, -0.2) is 0 Å². The summed E-state index contributed by atoms with van der Waals surface area (Å²) < 4.78 is 5.83. The van der Waals surface area contributed by atoms with Crippen LogP contribution in [0.5, 0.6) is 0 Å². The minimum atomic E-state index is -0.135. The first-order valence-electron chi connectivity index (χ1n) is 7.29. The molecule has 2 heterocycles. The first-order valence-corrected chi connectivity index (χ1v) is 8.05. The van der Waals surface area contributed by atoms with Crippen molar-refractivity contribution in [2.24, 2.45) is 0 Å². The molecule has 0 fully saturated rings. The molecule has 0 radical (unpaired) electrons. The third-order valence-electron chi connectivity index (χ3n) is 3.83. The first-order chi connectivity index (χ1) is 11.6. The van der Waals surface area contributed by atoms with Crippen molar-refractivity contribution in [3.63, 3.8) is 0 Å². The van der Waals surface area contributed by atoms with Crippen LogP contribution in [-0.4, -0.2) is 5.91 Å². The van der Waals surface area contributed by atoms with Crippen molar-refractivity contribution < 1.29 is 9.21 Å². The van der Waals surface area contributed by atoms with Crippen LogP contribution in [0.1, 0.15) is 11.3 Å². The standard InChI is InChI=1S/C19H11Cl2NO2/c20-15-7-5-11(9-16(15)21)18-8-6-12(24-18)10-14-13-3-1-2-4-17(13)22-19(14)23/h1-10H,(H,22,23). The number of halogens is 2. The highest BCUT2D eigenvalue weighted by molar-refractivity contribution is 6.42. The highest BCUT2D eigenvalue weighted by atomic mass is 35.5. The summed E-state index contributed by atoms with van der Waals surface area (Å²) in [6, 6.07) is 16.5. The first kappa shape index (κ1) is 15.1. The van der Waals surface area contributed by atoms with Gasteiger partial charge in [0.2, 0.25) is 0 Å². The number of nitrogens with one attached hydrogen (secondary N) is 1. The second-order valence-electron chi connectivity index (χ2n) is 5.39. The highest BCUT2D eigenvalue weighted by Crippen LogP contribution is 2.34. The third kappa shape index (κ3) is 2.62. The van der Waals surface area contributed by atoms with E-state index in [0.717, 1.165) is 16.8 Å². The van der Waals surface area contributed by atoms with Gasteiger partial charge in [-0.3, -0.25) is 4.79 Å². The topological polar surface area (TPSA) is 42.2 Å². The Morgan fingerprint density at radius 1 is 0.958 bits per heavy atom. The van der Waals surface area contributed by atoms with Crippen LogP contribution in [0, 0.1) is 0 Å². The fourth-order valence-corrected chi connectivity index (χ4v) is 2.96. The molecule has 4 rings (SSSR count). The molecule has 0 saturated carbocycles. The molecule has 1 amide bonds. The summed E-state index contributed by atoms with van der Waals surface area (Å²) >= 11 is 12.0. The third-order valence-corrected chi connectivity index (χ3v) is 4.57. The summed E-state index contributed by atoms with van der Waals surface area (Å²) in [7, 11) is 0. The molecule has 0 unspecified atom stereocenters. The van der Waals surface area contributed by atoms with Crippen LogP contribution in [0.3, 0.4) is 0 Å². The molecule has 2 aromatic carbocycles. The van der Waals surface area contributed by atoms with Crippen molar-refractivity contribution in [2.75, 3.05) is 5.32 Å². The van der Waals surface area contributed by atoms with Crippen LogP contribution in [0.4, 0.5) is 5.69 Å². The Morgan fingerprint density at radius 2 is 1.79 bits per heavy atom. The van der Waals surface area contributed by atoms with Gasteiger partial charge in [0.25, 0.3) is 5.91 Å². The Hall–Kier alpha value is -2.49. The lowest BCUT2D eigenvalue weighted by Crippen LogP contribution is -2.03. The van der Waals surface area contributed by atoms with E-state index < -0.39 is 0 Å². The molecular weight excluding hydrogens is 345 g/mol. The van der Waals surface area contributed by atoms with Gasteiger partial charge < -0.3 is 9.73 Å². The fraction of sp³-hybridized carbons (Fsp3) is 0. The number of carbonyl (C=O) groups excluding carboxylic acids is 1. The Kier molecular flexibility index (Phi) is 3.68. The number of rotatable bonds is 2. The van der Waals surface area contributed by atoms with Gasteiger partial charge in [0, 0.05) is 16.8 Å². The molecule has 0 spiro atoms. The number of furan rings is 1. The van der Waals surface area contributed by atoms with Crippen molar-refractivity contribution >= 4 is 46.4 Å². The maximum atomic E-state index is 12.1. The lowest BCUT2D eigenvalue weighted by atomic mass is 10.1. The van der Waals surface area contributed by atoms with Gasteiger partial charge in [0.1, 0.15) is 11.5 Å². The molecule has 1 aliphatic heterocycles. The Bertz CT molecular complexity index is 989. The second kappa shape index (κ2) is 5.86. The van der Waals surface area contributed by atoms with E-state index in [4.69, 9.17) is 27.6 Å². The monoisotopic (exact) mass is 355 g/mol. The molecule has 0 atom stereocenters. The van der Waals surface area contributed by atoms with E-state index in [1.54, 1.807) is 18.2 Å². The summed E-state index contributed by atoms with van der Waals surface area (Å²) in [5, 5.41) is 3.80. The number of para-hydroxylation sites is 1. The largest absolute Gasteiger partial charge is 0.457 e. The Balaban J connectivity index is 1.71. The highest BCUT2D eigenvalue weighted by Gasteiger charge is 2.23. The molecule has 1 N–H and O–H groups in total. The predicted octanol–water partition coefficient (Wildman–Crippen LogP) is 5.75. The average Bonchev–Trinajstić information content (AvgIpc) is 3.16. The fourth-order valence-electron chi connectivity index (χ4n) is 2.66. The Labute approximate surface area is 148 Å².